The van der Waals surface area contributed by atoms with Gasteiger partial charge in [0.2, 0.25) is 0 Å². The zero-order valence-corrected chi connectivity index (χ0v) is 16.6. The molecule has 0 radical (unpaired) electrons. The summed E-state index contributed by atoms with van der Waals surface area (Å²) in [5.74, 6) is 1.09. The highest BCUT2D eigenvalue weighted by Gasteiger charge is 2.45. The van der Waals surface area contributed by atoms with E-state index in [4.69, 9.17) is 4.98 Å². The maximum Gasteiger partial charge on any atom is 0.250 e. The average Bonchev–Trinajstić information content (AvgIpc) is 2.64. The van der Waals surface area contributed by atoms with Gasteiger partial charge in [-0.15, -0.1) is 0 Å². The van der Waals surface area contributed by atoms with Crippen LogP contribution in [0, 0.1) is 13.8 Å². The van der Waals surface area contributed by atoms with Crippen LogP contribution in [0.25, 0.3) is 0 Å². The van der Waals surface area contributed by atoms with Gasteiger partial charge in [-0.05, 0) is 38.2 Å². The molecule has 3 aliphatic rings. The minimum atomic E-state index is 0.0616. The zero-order valence-electron chi connectivity index (χ0n) is 15.8. The summed E-state index contributed by atoms with van der Waals surface area (Å²) in [7, 11) is 1.79. The normalized spacial score (nSPS) is 22.4. The number of hydrogen-bond acceptors (Lipinski definition) is 6. The first kappa shape index (κ1) is 17.5. The van der Waals surface area contributed by atoms with Crippen molar-refractivity contribution < 1.29 is 0 Å². The number of fused-ring (bicyclic) bond motifs is 2. The summed E-state index contributed by atoms with van der Waals surface area (Å²) in [6.07, 6.45) is 5.11. The number of hydrogen-bond donors (Lipinski definition) is 0. The zero-order chi connectivity index (χ0) is 18.4. The third-order valence-electron chi connectivity index (χ3n) is 5.70. The second kappa shape index (κ2) is 6.70. The van der Waals surface area contributed by atoms with Gasteiger partial charge >= 0.3 is 0 Å². The maximum absolute atomic E-state index is 11.9. The number of piperidine rings is 1. The first-order valence-corrected chi connectivity index (χ1v) is 10.2. The molecule has 0 aromatic carbocycles. The van der Waals surface area contributed by atoms with Crippen molar-refractivity contribution >= 4 is 17.6 Å². The fourth-order valence-electron chi connectivity index (χ4n) is 4.00. The Morgan fingerprint density at radius 1 is 1.23 bits per heavy atom. The predicted octanol–water partition coefficient (Wildman–Crippen LogP) is 1.98. The summed E-state index contributed by atoms with van der Waals surface area (Å²) in [5, 5.41) is 0.847. The molecule has 138 valence electrons. The third-order valence-corrected chi connectivity index (χ3v) is 6.25. The van der Waals surface area contributed by atoms with Gasteiger partial charge in [0, 0.05) is 62.3 Å². The smallest absolute Gasteiger partial charge is 0.250 e. The Morgan fingerprint density at radius 3 is 2.62 bits per heavy atom. The van der Waals surface area contributed by atoms with E-state index in [-0.39, 0.29) is 5.56 Å². The van der Waals surface area contributed by atoms with E-state index in [0.717, 1.165) is 41.9 Å². The van der Waals surface area contributed by atoms with E-state index in [1.54, 1.807) is 29.4 Å². The van der Waals surface area contributed by atoms with Crippen LogP contribution >= 0.6 is 11.8 Å². The quantitative estimate of drug-likeness (QED) is 0.605. The largest absolute Gasteiger partial charge is 0.353 e. The molecule has 6 nitrogen and oxygen atoms in total. The van der Waals surface area contributed by atoms with Gasteiger partial charge in [-0.25, -0.2) is 9.97 Å². The molecule has 3 aliphatic heterocycles. The Bertz CT molecular complexity index is 884. The van der Waals surface area contributed by atoms with Gasteiger partial charge in [-0.3, -0.25) is 9.69 Å². The number of anilines is 1. The van der Waals surface area contributed by atoms with Crippen LogP contribution in [0.1, 0.15) is 23.2 Å². The Hall–Kier alpha value is -1.86. The number of nitrogens with zero attached hydrogens (tertiary/aromatic N) is 5. The van der Waals surface area contributed by atoms with Gasteiger partial charge in [0.05, 0.1) is 0 Å². The van der Waals surface area contributed by atoms with Crippen molar-refractivity contribution in [3.8, 4) is 0 Å². The number of rotatable bonds is 4. The Morgan fingerprint density at radius 2 is 1.96 bits per heavy atom. The molecule has 5 heterocycles. The molecule has 2 aromatic rings. The van der Waals surface area contributed by atoms with Crippen LogP contribution in [0.4, 0.5) is 5.82 Å². The fraction of sp³-hybridized carbons (Fsp3) is 0.526. The molecule has 0 saturated carbocycles. The van der Waals surface area contributed by atoms with E-state index in [1.807, 2.05) is 12.5 Å². The van der Waals surface area contributed by atoms with Gasteiger partial charge in [0.15, 0.2) is 5.16 Å². The SMILES string of the molecule is CSc1nc(C)c(C)c(N2CC3CC(C2)N3Cc2ccn(C)c(=O)c2)n1. The standard InChI is InChI=1S/C19H25N5OS/c1-12-13(2)20-19(26-4)21-18(12)23-10-15-8-16(11-23)24(15)9-14-5-6-22(3)17(25)7-14/h5-7,15-16H,8-11H2,1-4H3. The topological polar surface area (TPSA) is 54.3 Å². The van der Waals surface area contributed by atoms with Gasteiger partial charge in [-0.1, -0.05) is 11.8 Å². The monoisotopic (exact) mass is 371 g/mol. The fourth-order valence-corrected chi connectivity index (χ4v) is 4.41. The van der Waals surface area contributed by atoms with Crippen LogP contribution in [-0.4, -0.2) is 50.9 Å². The van der Waals surface area contributed by atoms with Gasteiger partial charge in [-0.2, -0.15) is 0 Å². The van der Waals surface area contributed by atoms with Crippen LogP contribution in [0.15, 0.2) is 28.3 Å². The Balaban J connectivity index is 1.50. The van der Waals surface area contributed by atoms with Crippen molar-refractivity contribution in [2.75, 3.05) is 24.2 Å². The van der Waals surface area contributed by atoms with Crippen LogP contribution in [0.5, 0.6) is 0 Å². The van der Waals surface area contributed by atoms with E-state index in [9.17, 15) is 4.79 Å². The molecule has 3 fully saturated rings. The lowest BCUT2D eigenvalue weighted by atomic mass is 9.86. The highest BCUT2D eigenvalue weighted by molar-refractivity contribution is 7.98. The number of pyridine rings is 1. The molecule has 0 aliphatic carbocycles. The van der Waals surface area contributed by atoms with Crippen molar-refractivity contribution in [2.45, 2.75) is 44.1 Å². The summed E-state index contributed by atoms with van der Waals surface area (Å²) in [4.78, 5) is 26.1. The molecule has 26 heavy (non-hydrogen) atoms. The number of aryl methyl sites for hydroxylation is 2. The number of aromatic nitrogens is 3. The molecule has 0 N–H and O–H groups in total. The predicted molar refractivity (Wildman–Crippen MR) is 105 cm³/mol. The lowest BCUT2D eigenvalue weighted by Gasteiger charge is -2.57. The molecule has 2 unspecified atom stereocenters. The molecule has 2 aromatic heterocycles. The minimum absolute atomic E-state index is 0.0616. The van der Waals surface area contributed by atoms with E-state index in [1.165, 1.54) is 12.0 Å². The molecule has 0 spiro atoms. The van der Waals surface area contributed by atoms with Crippen LogP contribution in [0.3, 0.4) is 0 Å². The molecule has 2 atom stereocenters. The van der Waals surface area contributed by atoms with Crippen LogP contribution in [-0.2, 0) is 13.6 Å². The summed E-state index contributed by atoms with van der Waals surface area (Å²) < 4.78 is 1.62. The highest BCUT2D eigenvalue weighted by atomic mass is 32.2. The lowest BCUT2D eigenvalue weighted by Crippen LogP contribution is -2.68. The lowest BCUT2D eigenvalue weighted by molar-refractivity contribution is -0.00882. The summed E-state index contributed by atoms with van der Waals surface area (Å²) in [6.45, 7) is 7.02. The first-order valence-electron chi connectivity index (χ1n) is 9.01. The Labute approximate surface area is 158 Å². The van der Waals surface area contributed by atoms with E-state index >= 15 is 0 Å². The Kier molecular flexibility index (Phi) is 4.52. The highest BCUT2D eigenvalue weighted by Crippen LogP contribution is 2.36. The van der Waals surface area contributed by atoms with Crippen molar-refractivity contribution in [1.82, 2.24) is 19.4 Å². The molecule has 5 rings (SSSR count). The minimum Gasteiger partial charge on any atom is -0.353 e. The van der Waals surface area contributed by atoms with E-state index < -0.39 is 0 Å². The molecule has 2 bridgehead atoms. The summed E-state index contributed by atoms with van der Waals surface area (Å²) >= 11 is 1.60. The number of piperazine rings is 1. The van der Waals surface area contributed by atoms with Crippen LogP contribution in [0.2, 0.25) is 0 Å². The van der Waals surface area contributed by atoms with Crippen molar-refractivity contribution in [3.05, 3.63) is 45.5 Å². The first-order chi connectivity index (χ1) is 12.5. The van der Waals surface area contributed by atoms with Crippen molar-refractivity contribution in [1.29, 1.82) is 0 Å². The van der Waals surface area contributed by atoms with E-state index in [2.05, 4.69) is 34.7 Å². The second-order valence-electron chi connectivity index (χ2n) is 7.35. The average molecular weight is 372 g/mol. The van der Waals surface area contributed by atoms with Crippen molar-refractivity contribution in [2.24, 2.45) is 7.05 Å². The maximum atomic E-state index is 11.9. The summed E-state index contributed by atoms with van der Waals surface area (Å²) in [5.41, 5.74) is 3.42. The van der Waals surface area contributed by atoms with Gasteiger partial charge in [0.25, 0.3) is 5.56 Å². The molecule has 3 saturated heterocycles. The van der Waals surface area contributed by atoms with Gasteiger partial charge < -0.3 is 9.47 Å². The molecule has 7 heteroatoms. The number of thioether (sulfide) groups is 1. The third kappa shape index (κ3) is 3.03. The molecular formula is C19H25N5OS. The summed E-state index contributed by atoms with van der Waals surface area (Å²) in [6, 6.07) is 4.88. The van der Waals surface area contributed by atoms with Crippen molar-refractivity contribution in [3.63, 3.8) is 0 Å². The molecule has 0 amide bonds. The van der Waals surface area contributed by atoms with Gasteiger partial charge in [0.1, 0.15) is 5.82 Å². The van der Waals surface area contributed by atoms with E-state index in [0.29, 0.717) is 12.1 Å². The van der Waals surface area contributed by atoms with Crippen LogP contribution < -0.4 is 10.5 Å². The second-order valence-corrected chi connectivity index (χ2v) is 8.12. The molecular weight excluding hydrogens is 346 g/mol.